The van der Waals surface area contributed by atoms with Gasteiger partial charge in [0.05, 0.1) is 7.11 Å². The molecule has 0 spiro atoms. The Kier molecular flexibility index (Phi) is 7.07. The minimum atomic E-state index is -0.307. The van der Waals surface area contributed by atoms with E-state index < -0.39 is 0 Å². The zero-order valence-corrected chi connectivity index (χ0v) is 7.59. The van der Waals surface area contributed by atoms with Gasteiger partial charge in [0.15, 0.2) is 0 Å². The number of rotatable bonds is 3. The molecule has 0 amide bonds. The topological polar surface area (TPSA) is 26.3 Å². The van der Waals surface area contributed by atoms with E-state index in [0.717, 1.165) is 19.3 Å². The minimum absolute atomic E-state index is 0.307. The van der Waals surface area contributed by atoms with Crippen molar-refractivity contribution >= 4 is 5.97 Å². The third kappa shape index (κ3) is 6.88. The molecule has 0 aliphatic rings. The van der Waals surface area contributed by atoms with Crippen LogP contribution in [0.25, 0.3) is 0 Å². The molecule has 0 aliphatic carbocycles. The van der Waals surface area contributed by atoms with Gasteiger partial charge >= 0.3 is 5.97 Å². The van der Waals surface area contributed by atoms with Crippen LogP contribution in [0.4, 0.5) is 0 Å². The SMILES string of the molecule is CCC#CCC/C=C\C(=O)OC. The van der Waals surface area contributed by atoms with Crippen LogP contribution in [0.15, 0.2) is 12.2 Å². The van der Waals surface area contributed by atoms with Crippen LogP contribution in [-0.4, -0.2) is 13.1 Å². The normalized spacial score (nSPS) is 9.17. The van der Waals surface area contributed by atoms with Crippen molar-refractivity contribution in [2.24, 2.45) is 0 Å². The second-order valence-electron chi connectivity index (χ2n) is 2.17. The zero-order chi connectivity index (χ0) is 9.23. The highest BCUT2D eigenvalue weighted by molar-refractivity contribution is 5.81. The van der Waals surface area contributed by atoms with Crippen molar-refractivity contribution in [3.05, 3.63) is 12.2 Å². The van der Waals surface area contributed by atoms with Crippen LogP contribution in [0.2, 0.25) is 0 Å². The first-order chi connectivity index (χ1) is 5.81. The first-order valence-corrected chi connectivity index (χ1v) is 4.01. The minimum Gasteiger partial charge on any atom is -0.466 e. The van der Waals surface area contributed by atoms with Crippen LogP contribution in [0.3, 0.4) is 0 Å². The van der Waals surface area contributed by atoms with Crippen molar-refractivity contribution in [2.45, 2.75) is 26.2 Å². The van der Waals surface area contributed by atoms with Gasteiger partial charge in [0.25, 0.3) is 0 Å². The first kappa shape index (κ1) is 10.8. The van der Waals surface area contributed by atoms with Gasteiger partial charge in [0.2, 0.25) is 0 Å². The first-order valence-electron chi connectivity index (χ1n) is 4.01. The number of hydrogen-bond donors (Lipinski definition) is 0. The van der Waals surface area contributed by atoms with Crippen LogP contribution in [-0.2, 0) is 9.53 Å². The lowest BCUT2D eigenvalue weighted by Crippen LogP contribution is -1.93. The fourth-order valence-corrected chi connectivity index (χ4v) is 0.616. The van der Waals surface area contributed by atoms with Gasteiger partial charge in [0, 0.05) is 18.9 Å². The molecule has 0 aliphatic heterocycles. The molecular weight excluding hydrogens is 152 g/mol. The van der Waals surface area contributed by atoms with E-state index >= 15 is 0 Å². The van der Waals surface area contributed by atoms with Gasteiger partial charge in [-0.05, 0) is 6.42 Å². The molecule has 0 fully saturated rings. The second kappa shape index (κ2) is 7.87. The van der Waals surface area contributed by atoms with Crippen molar-refractivity contribution in [3.63, 3.8) is 0 Å². The molecule has 0 aromatic carbocycles. The summed E-state index contributed by atoms with van der Waals surface area (Å²) in [6.45, 7) is 2.01. The molecule has 2 heteroatoms. The predicted octanol–water partition coefficient (Wildman–Crippen LogP) is 1.91. The number of carbonyl (C=O) groups excluding carboxylic acids is 1. The largest absolute Gasteiger partial charge is 0.466 e. The molecule has 2 nitrogen and oxygen atoms in total. The molecule has 0 N–H and O–H groups in total. The van der Waals surface area contributed by atoms with Crippen LogP contribution >= 0.6 is 0 Å². The summed E-state index contributed by atoms with van der Waals surface area (Å²) >= 11 is 0. The Labute approximate surface area is 73.6 Å². The Balaban J connectivity index is 3.42. The lowest BCUT2D eigenvalue weighted by molar-refractivity contribution is -0.134. The summed E-state index contributed by atoms with van der Waals surface area (Å²) in [7, 11) is 1.36. The standard InChI is InChI=1S/C10H14O2/c1-3-4-5-6-7-8-9-10(11)12-2/h8-9H,3,6-7H2,1-2H3/b9-8-. The van der Waals surface area contributed by atoms with Gasteiger partial charge in [-0.3, -0.25) is 0 Å². The van der Waals surface area contributed by atoms with E-state index in [0.29, 0.717) is 0 Å². The molecule has 0 aromatic heterocycles. The maximum Gasteiger partial charge on any atom is 0.330 e. The maximum absolute atomic E-state index is 10.6. The highest BCUT2D eigenvalue weighted by Crippen LogP contribution is 1.89. The highest BCUT2D eigenvalue weighted by Gasteiger charge is 1.87. The molecule has 66 valence electrons. The van der Waals surface area contributed by atoms with Gasteiger partial charge in [-0.2, -0.15) is 0 Å². The quantitative estimate of drug-likeness (QED) is 0.277. The molecule has 0 rings (SSSR count). The summed E-state index contributed by atoms with van der Waals surface area (Å²) in [4.78, 5) is 10.6. The van der Waals surface area contributed by atoms with Crippen LogP contribution in [0.1, 0.15) is 26.2 Å². The van der Waals surface area contributed by atoms with Gasteiger partial charge in [-0.15, -0.1) is 11.8 Å². The van der Waals surface area contributed by atoms with Crippen LogP contribution in [0.5, 0.6) is 0 Å². The molecule has 0 heterocycles. The van der Waals surface area contributed by atoms with Gasteiger partial charge in [-0.1, -0.05) is 13.0 Å². The molecule has 0 aromatic rings. The van der Waals surface area contributed by atoms with Crippen molar-refractivity contribution in [2.75, 3.05) is 7.11 Å². The number of unbranched alkanes of at least 4 members (excludes halogenated alkanes) is 1. The number of methoxy groups -OCH3 is 1. The van der Waals surface area contributed by atoms with Crippen LogP contribution < -0.4 is 0 Å². The van der Waals surface area contributed by atoms with Crippen LogP contribution in [0, 0.1) is 11.8 Å². The number of allylic oxidation sites excluding steroid dienone is 1. The van der Waals surface area contributed by atoms with Gasteiger partial charge in [-0.25, -0.2) is 4.79 Å². The van der Waals surface area contributed by atoms with Crippen molar-refractivity contribution in [3.8, 4) is 11.8 Å². The van der Waals surface area contributed by atoms with E-state index in [1.165, 1.54) is 13.2 Å². The molecule has 0 saturated heterocycles. The Hall–Kier alpha value is -1.23. The summed E-state index contributed by atoms with van der Waals surface area (Å²) in [5.74, 6) is 5.62. The third-order valence-electron chi connectivity index (χ3n) is 1.19. The number of carbonyl (C=O) groups is 1. The zero-order valence-electron chi connectivity index (χ0n) is 7.59. The monoisotopic (exact) mass is 166 g/mol. The molecule has 0 unspecified atom stereocenters. The fourth-order valence-electron chi connectivity index (χ4n) is 0.616. The van der Waals surface area contributed by atoms with Gasteiger partial charge < -0.3 is 4.74 Å². The van der Waals surface area contributed by atoms with E-state index in [9.17, 15) is 4.79 Å². The second-order valence-corrected chi connectivity index (χ2v) is 2.17. The molecule has 0 saturated carbocycles. The van der Waals surface area contributed by atoms with E-state index in [1.807, 2.05) is 6.92 Å². The summed E-state index contributed by atoms with van der Waals surface area (Å²) in [6, 6.07) is 0. The van der Waals surface area contributed by atoms with Gasteiger partial charge in [0.1, 0.15) is 0 Å². The third-order valence-corrected chi connectivity index (χ3v) is 1.19. The van der Waals surface area contributed by atoms with Crippen molar-refractivity contribution in [1.29, 1.82) is 0 Å². The summed E-state index contributed by atoms with van der Waals surface area (Å²) < 4.78 is 4.42. The van der Waals surface area contributed by atoms with E-state index in [4.69, 9.17) is 0 Å². The lowest BCUT2D eigenvalue weighted by atomic mass is 10.3. The number of esters is 1. The summed E-state index contributed by atoms with van der Waals surface area (Å²) in [5, 5.41) is 0. The van der Waals surface area contributed by atoms with Crippen molar-refractivity contribution in [1.82, 2.24) is 0 Å². The fraction of sp³-hybridized carbons (Fsp3) is 0.500. The Bertz CT molecular complexity index is 206. The van der Waals surface area contributed by atoms with Crippen molar-refractivity contribution < 1.29 is 9.53 Å². The number of hydrogen-bond acceptors (Lipinski definition) is 2. The lowest BCUT2D eigenvalue weighted by Gasteiger charge is -1.87. The van der Waals surface area contributed by atoms with E-state index in [-0.39, 0.29) is 5.97 Å². The Morgan fingerprint density at radius 1 is 1.50 bits per heavy atom. The number of ether oxygens (including phenoxy) is 1. The summed E-state index contributed by atoms with van der Waals surface area (Å²) in [5.41, 5.74) is 0. The molecule has 0 radical (unpaired) electrons. The van der Waals surface area contributed by atoms with E-state index in [1.54, 1.807) is 6.08 Å². The molecule has 0 bridgehead atoms. The molecule has 12 heavy (non-hydrogen) atoms. The average Bonchev–Trinajstić information content (AvgIpc) is 2.10. The molecule has 0 atom stereocenters. The average molecular weight is 166 g/mol. The maximum atomic E-state index is 10.6. The van der Waals surface area contributed by atoms with E-state index in [2.05, 4.69) is 16.6 Å². The summed E-state index contributed by atoms with van der Waals surface area (Å²) in [6.07, 6.45) is 5.70. The Morgan fingerprint density at radius 3 is 2.83 bits per heavy atom. The predicted molar refractivity (Wildman–Crippen MR) is 48.5 cm³/mol. The Morgan fingerprint density at radius 2 is 2.25 bits per heavy atom. The smallest absolute Gasteiger partial charge is 0.330 e. The highest BCUT2D eigenvalue weighted by atomic mass is 16.5. The molecular formula is C10H14O2.